The lowest BCUT2D eigenvalue weighted by atomic mass is 9.23. The largest absolute Gasteiger partial charge is 0.457 e. The summed E-state index contributed by atoms with van der Waals surface area (Å²) in [5.74, 6) is 6.35. The maximum absolute atomic E-state index is 20.1. The molecule has 0 aromatic heterocycles. The number of hydrogen-bond donors (Lipinski definition) is 0. The van der Waals surface area contributed by atoms with E-state index >= 15 is 4.79 Å². The Bertz CT molecular complexity index is 7260. The Morgan fingerprint density at radius 2 is 0.469 bits per heavy atom. The van der Waals surface area contributed by atoms with Crippen LogP contribution in [0.25, 0.3) is 33.0 Å². The van der Waals surface area contributed by atoms with Crippen LogP contribution in [0.5, 0.6) is 46.0 Å². The molecule has 11 aliphatic rings. The summed E-state index contributed by atoms with van der Waals surface area (Å²) in [6, 6.07) is 107. The molecular weight excluding hydrogens is 1560 g/mol. The van der Waals surface area contributed by atoms with Crippen LogP contribution >= 0.6 is 0 Å². The predicted molar refractivity (Wildman–Crippen MR) is 521 cm³/mol. The fourth-order valence-corrected chi connectivity index (χ4v) is 26.6. The van der Waals surface area contributed by atoms with Gasteiger partial charge in [-0.25, -0.2) is 4.79 Å². The minimum atomic E-state index is -1.11. The van der Waals surface area contributed by atoms with Crippen LogP contribution in [0.4, 0.5) is 27.5 Å². The molecule has 616 valence electrons. The Hall–Kier alpha value is -13.6. The Morgan fingerprint density at radius 1 is 0.250 bits per heavy atom. The van der Waals surface area contributed by atoms with E-state index in [0.29, 0.717) is 0 Å². The zero-order valence-electron chi connectivity index (χ0n) is 75.1. The number of fused-ring (bicyclic) bond motifs is 26. The average molecular weight is 1650 g/mol. The van der Waals surface area contributed by atoms with Crippen LogP contribution in [-0.4, -0.2) is 19.5 Å². The molecule has 0 saturated heterocycles. The fraction of sp³-hybridized carbons (Fsp3) is 0.202. The van der Waals surface area contributed by atoms with Crippen molar-refractivity contribution < 1.29 is 23.7 Å². The number of anilines is 4. The molecule has 128 heavy (non-hydrogen) atoms. The van der Waals surface area contributed by atoms with Crippen LogP contribution in [0.1, 0.15) is 217 Å². The van der Waals surface area contributed by atoms with Crippen molar-refractivity contribution in [2.24, 2.45) is 0 Å². The number of carbonyl (C=O) groups is 1. The van der Waals surface area contributed by atoms with Gasteiger partial charge >= 0.3 is 6.03 Å². The molecule has 7 nitrogen and oxygen atoms in total. The van der Waals surface area contributed by atoms with Gasteiger partial charge in [0, 0.05) is 61.3 Å². The first kappa shape index (κ1) is 74.6. The monoisotopic (exact) mass is 1650 g/mol. The number of para-hydroxylation sites is 8. The normalized spacial score (nSPS) is 16.4. The van der Waals surface area contributed by atoms with E-state index < -0.39 is 45.9 Å². The molecule has 27 rings (SSSR count). The second-order valence-electron chi connectivity index (χ2n) is 42.5. The lowest BCUT2D eigenvalue weighted by molar-refractivity contribution is 0.255. The highest BCUT2D eigenvalue weighted by atomic mass is 16.5. The summed E-state index contributed by atoms with van der Waals surface area (Å²) in [6.07, 6.45) is 0. The summed E-state index contributed by atoms with van der Waals surface area (Å²) < 4.78 is 29.9. The first-order valence-electron chi connectivity index (χ1n) is 45.9. The molecule has 0 unspecified atom stereocenters. The van der Waals surface area contributed by atoms with Crippen LogP contribution in [0.3, 0.4) is 0 Å². The number of hydrogen-bond acceptors (Lipinski definition) is 5. The van der Waals surface area contributed by atoms with Gasteiger partial charge in [0.2, 0.25) is 13.4 Å². The highest BCUT2D eigenvalue weighted by molar-refractivity contribution is 7.02. The molecular formula is C119H94B2N2O5. The molecule has 11 heterocycles. The van der Waals surface area contributed by atoms with Crippen molar-refractivity contribution in [2.45, 2.75) is 154 Å². The molecule has 0 bridgehead atoms. The molecule has 0 atom stereocenters. The lowest BCUT2D eigenvalue weighted by Gasteiger charge is -2.59. The third-order valence-electron chi connectivity index (χ3n) is 31.7. The maximum Gasteiger partial charge on any atom is 0.338 e. The van der Waals surface area contributed by atoms with Crippen LogP contribution in [-0.2, 0) is 43.3 Å². The number of ether oxygens (including phenoxy) is 4. The molecule has 0 N–H and O–H groups in total. The molecule has 0 saturated carbocycles. The van der Waals surface area contributed by atoms with E-state index in [2.05, 4.69) is 400 Å². The van der Waals surface area contributed by atoms with Gasteiger partial charge in [-0.15, -0.1) is 0 Å². The van der Waals surface area contributed by atoms with Gasteiger partial charge in [-0.3, -0.25) is 9.80 Å². The van der Waals surface area contributed by atoms with Crippen LogP contribution in [0.2, 0.25) is 0 Å². The van der Waals surface area contributed by atoms with Gasteiger partial charge in [0.25, 0.3) is 0 Å². The van der Waals surface area contributed by atoms with Crippen molar-refractivity contribution in [3.8, 4) is 68.2 Å². The second-order valence-corrected chi connectivity index (χ2v) is 42.5. The lowest BCUT2D eigenvalue weighted by Crippen LogP contribution is -2.74. The van der Waals surface area contributed by atoms with E-state index in [1.54, 1.807) is 0 Å². The Balaban J connectivity index is 0.915. The topological polar surface area (TPSA) is 60.5 Å². The van der Waals surface area contributed by atoms with Crippen LogP contribution < -0.4 is 61.5 Å². The third-order valence-corrected chi connectivity index (χ3v) is 31.7. The molecule has 11 aliphatic heterocycles. The predicted octanol–water partition coefficient (Wildman–Crippen LogP) is 24.9. The SMILES string of the molecule is Cc1cc(C(C)(C)C)cc(C)c1-c1cc2c3c(c1)C1(c4ccccc4Oc4ccccc41)c1cc(C(C)(C)C)cc4c1B3c1c(cc3cc5c6c7c3c1N2C(=O)N7c1cc(-c2c(C)cc(C(C)(C)C)cc2C)cc2c1B6c1c(cc(C(C)(C)C)cc1C51c3ccccc3Oc3ccccc31)C21c2ccccc2Oc2ccccc21)C41c2ccccc2Oc2ccccc21. The van der Waals surface area contributed by atoms with Crippen molar-refractivity contribution in [1.82, 2.24) is 0 Å². The van der Waals surface area contributed by atoms with Crippen LogP contribution in [0, 0.1) is 27.7 Å². The summed E-state index contributed by atoms with van der Waals surface area (Å²) in [5, 5.41) is 2.08. The number of rotatable bonds is 2. The molecule has 16 aromatic rings. The summed E-state index contributed by atoms with van der Waals surface area (Å²) in [6.45, 7) is 36.7. The highest BCUT2D eigenvalue weighted by Gasteiger charge is 2.68. The minimum absolute atomic E-state index is 0.143. The molecule has 9 heteroatoms. The zero-order chi connectivity index (χ0) is 87.0. The number of urea groups is 1. The van der Waals surface area contributed by atoms with Gasteiger partial charge in [-0.1, -0.05) is 288 Å². The number of nitrogens with zero attached hydrogens (tertiary/aromatic N) is 2. The Kier molecular flexibility index (Phi) is 14.1. The second kappa shape index (κ2) is 24.2. The molecule has 0 radical (unpaired) electrons. The van der Waals surface area contributed by atoms with E-state index in [9.17, 15) is 0 Å². The molecule has 0 fully saturated rings. The van der Waals surface area contributed by atoms with E-state index in [1.165, 1.54) is 77.7 Å². The standard InChI is InChI=1S/C119H94B2N2O5/c1-63-49-70(112(5,6)7)50-64(2)100(63)68-55-82-105-90(57-68)122-109-102-67(53-84-107(109)120(105)103-86(116(82)74-33-17-25-41-92(74)125-93-42-26-18-34-75(93)116)59-72(114(11,12)13)61-88(103)118(84)78-37-21-29-45-96(78)127-97-46-30-22-38-79(97)118)54-85-108-110(102)123(111(122)124)91-58-69(101-65(3)51-71(52-66(101)4)113(8,9)10)56-83-106(91)121(108)104-87(117(83)76-35-19-27-43-94(76)126-95-44-28-20-36-77(95)117)60-73(115(14,15)16)62-89(104)119(85)80-39-23-31-47-98(80)128-99-48-32-24-40-81(99)119/h17-62H,1-16H3. The van der Waals surface area contributed by atoms with Gasteiger partial charge in [-0.2, -0.15) is 0 Å². The third kappa shape index (κ3) is 8.78. The minimum Gasteiger partial charge on any atom is -0.457 e. The van der Waals surface area contributed by atoms with Crippen molar-refractivity contribution in [2.75, 3.05) is 9.80 Å². The van der Waals surface area contributed by atoms with Crippen molar-refractivity contribution in [3.63, 3.8) is 0 Å². The zero-order valence-corrected chi connectivity index (χ0v) is 75.1. The first-order valence-corrected chi connectivity index (χ1v) is 45.9. The van der Waals surface area contributed by atoms with E-state index in [0.717, 1.165) is 190 Å². The Morgan fingerprint density at radius 3 is 0.711 bits per heavy atom. The number of aryl methyl sites for hydroxylation is 4. The molecule has 4 spiro atoms. The number of carbonyl (C=O) groups excluding carboxylic acids is 1. The number of benzene rings is 16. The van der Waals surface area contributed by atoms with Crippen molar-refractivity contribution in [1.29, 1.82) is 0 Å². The summed E-state index contributed by atoms with van der Waals surface area (Å²) in [7, 11) is 0. The van der Waals surface area contributed by atoms with Gasteiger partial charge < -0.3 is 18.9 Å². The summed E-state index contributed by atoms with van der Waals surface area (Å²) in [5.41, 5.74) is 36.8. The summed E-state index contributed by atoms with van der Waals surface area (Å²) in [4.78, 5) is 24.7. The Labute approximate surface area is 749 Å². The van der Waals surface area contributed by atoms with Crippen molar-refractivity contribution >= 4 is 85.8 Å². The summed E-state index contributed by atoms with van der Waals surface area (Å²) >= 11 is 0. The van der Waals surface area contributed by atoms with Crippen molar-refractivity contribution in [3.05, 3.63) is 413 Å². The highest BCUT2D eigenvalue weighted by Crippen LogP contribution is 2.69. The van der Waals surface area contributed by atoms with Gasteiger partial charge in [0.1, 0.15) is 46.0 Å². The van der Waals surface area contributed by atoms with E-state index in [1.807, 2.05) is 0 Å². The van der Waals surface area contributed by atoms with E-state index in [-0.39, 0.29) is 16.9 Å². The van der Waals surface area contributed by atoms with Crippen LogP contribution in [0.15, 0.2) is 279 Å². The molecule has 16 aromatic carbocycles. The first-order chi connectivity index (χ1) is 61.6. The van der Waals surface area contributed by atoms with Gasteiger partial charge in [0.15, 0.2) is 0 Å². The van der Waals surface area contributed by atoms with Gasteiger partial charge in [0.05, 0.1) is 33.0 Å². The maximum atomic E-state index is 20.1. The molecule has 0 aliphatic carbocycles. The fourth-order valence-electron chi connectivity index (χ4n) is 26.6. The smallest absolute Gasteiger partial charge is 0.338 e. The molecule has 2 amide bonds. The number of amides is 2. The quantitative estimate of drug-likeness (QED) is 0.161. The van der Waals surface area contributed by atoms with E-state index in [4.69, 9.17) is 18.9 Å². The van der Waals surface area contributed by atoms with Gasteiger partial charge in [-0.05, 0) is 273 Å². The average Bonchev–Trinajstić information content (AvgIpc) is 0.631.